The normalized spacial score (nSPS) is 27.9. The van der Waals surface area contributed by atoms with E-state index in [-0.39, 0.29) is 12.0 Å². The minimum absolute atomic E-state index is 0.189. The highest BCUT2D eigenvalue weighted by Crippen LogP contribution is 2.19. The van der Waals surface area contributed by atoms with Crippen molar-refractivity contribution in [3.05, 3.63) is 0 Å². The van der Waals surface area contributed by atoms with Gasteiger partial charge in [-0.05, 0) is 25.7 Å². The summed E-state index contributed by atoms with van der Waals surface area (Å²) in [5.74, 6) is 0.189. The number of nitrogens with one attached hydrogen (secondary N) is 1. The molecular weight excluding hydrogens is 190 g/mol. The Balaban J connectivity index is 1.66. The molecule has 0 aromatic rings. The van der Waals surface area contributed by atoms with Crippen LogP contribution in [0.3, 0.4) is 0 Å². The topological polar surface area (TPSA) is 38.3 Å². The van der Waals surface area contributed by atoms with Crippen molar-refractivity contribution < 1.29 is 9.53 Å². The Morgan fingerprint density at radius 2 is 1.93 bits per heavy atom. The molecule has 3 heteroatoms. The zero-order valence-electron chi connectivity index (χ0n) is 9.34. The Morgan fingerprint density at radius 3 is 2.60 bits per heavy atom. The van der Waals surface area contributed by atoms with Crippen molar-refractivity contribution >= 4 is 5.91 Å². The van der Waals surface area contributed by atoms with E-state index in [1.165, 1.54) is 19.3 Å². The van der Waals surface area contributed by atoms with Gasteiger partial charge in [-0.1, -0.05) is 19.3 Å². The van der Waals surface area contributed by atoms with Crippen molar-refractivity contribution in [2.24, 2.45) is 0 Å². The van der Waals surface area contributed by atoms with Crippen LogP contribution in [0.5, 0.6) is 0 Å². The first-order chi connectivity index (χ1) is 7.34. The third kappa shape index (κ3) is 3.49. The fraction of sp³-hybridized carbons (Fsp3) is 0.917. The Kier molecular flexibility index (Phi) is 4.01. The van der Waals surface area contributed by atoms with E-state index in [0.29, 0.717) is 12.5 Å². The van der Waals surface area contributed by atoms with Crippen molar-refractivity contribution in [2.45, 2.75) is 63.5 Å². The van der Waals surface area contributed by atoms with Gasteiger partial charge in [-0.15, -0.1) is 0 Å². The van der Waals surface area contributed by atoms with Crippen molar-refractivity contribution in [2.75, 3.05) is 6.61 Å². The molecule has 0 bridgehead atoms. The first-order valence-corrected chi connectivity index (χ1v) is 6.25. The maximum absolute atomic E-state index is 11.7. The number of rotatable bonds is 3. The van der Waals surface area contributed by atoms with Crippen LogP contribution in [0.1, 0.15) is 51.4 Å². The first kappa shape index (κ1) is 10.9. The molecule has 1 amide bonds. The third-order valence-corrected chi connectivity index (χ3v) is 3.41. The maximum Gasteiger partial charge on any atom is 0.222 e. The summed E-state index contributed by atoms with van der Waals surface area (Å²) in [5.41, 5.74) is 0. The lowest BCUT2D eigenvalue weighted by Gasteiger charge is -2.23. The molecule has 1 saturated heterocycles. The summed E-state index contributed by atoms with van der Waals surface area (Å²) in [6, 6.07) is 0.438. The van der Waals surface area contributed by atoms with E-state index in [1.807, 2.05) is 0 Å². The minimum Gasteiger partial charge on any atom is -0.378 e. The SMILES string of the molecule is O=C(CC1CCCO1)NC1CCCCC1. The van der Waals surface area contributed by atoms with E-state index in [0.717, 1.165) is 32.3 Å². The molecule has 1 aliphatic carbocycles. The van der Waals surface area contributed by atoms with E-state index in [4.69, 9.17) is 4.74 Å². The molecule has 86 valence electrons. The van der Waals surface area contributed by atoms with Crippen molar-refractivity contribution in [3.8, 4) is 0 Å². The number of carbonyl (C=O) groups excluding carboxylic acids is 1. The van der Waals surface area contributed by atoms with Crippen LogP contribution in [0.25, 0.3) is 0 Å². The number of hydrogen-bond acceptors (Lipinski definition) is 2. The van der Waals surface area contributed by atoms with Gasteiger partial charge in [-0.25, -0.2) is 0 Å². The summed E-state index contributed by atoms with van der Waals surface area (Å²) in [6.07, 6.45) is 9.12. The second-order valence-corrected chi connectivity index (χ2v) is 4.74. The van der Waals surface area contributed by atoms with Gasteiger partial charge >= 0.3 is 0 Å². The van der Waals surface area contributed by atoms with Gasteiger partial charge in [0.2, 0.25) is 5.91 Å². The molecule has 0 aromatic carbocycles. The van der Waals surface area contributed by atoms with Gasteiger partial charge in [0.1, 0.15) is 0 Å². The predicted octanol–water partition coefficient (Wildman–Crippen LogP) is 2.00. The second-order valence-electron chi connectivity index (χ2n) is 4.74. The average Bonchev–Trinajstić information content (AvgIpc) is 2.71. The van der Waals surface area contributed by atoms with Crippen LogP contribution in [-0.4, -0.2) is 24.7 Å². The third-order valence-electron chi connectivity index (χ3n) is 3.41. The van der Waals surface area contributed by atoms with Crippen LogP contribution in [0.4, 0.5) is 0 Å². The molecule has 1 N–H and O–H groups in total. The van der Waals surface area contributed by atoms with Gasteiger partial charge in [0.25, 0.3) is 0 Å². The lowest BCUT2D eigenvalue weighted by atomic mass is 9.95. The van der Waals surface area contributed by atoms with E-state index in [2.05, 4.69) is 5.32 Å². The molecule has 0 aromatic heterocycles. The van der Waals surface area contributed by atoms with Gasteiger partial charge in [0.15, 0.2) is 0 Å². The standard InChI is InChI=1S/C12H21NO2/c14-12(9-11-7-4-8-15-11)13-10-5-2-1-3-6-10/h10-11H,1-9H2,(H,13,14). The van der Waals surface area contributed by atoms with Crippen LogP contribution < -0.4 is 5.32 Å². The Labute approximate surface area is 91.6 Å². The summed E-state index contributed by atoms with van der Waals surface area (Å²) < 4.78 is 5.45. The summed E-state index contributed by atoms with van der Waals surface area (Å²) in [6.45, 7) is 0.835. The largest absolute Gasteiger partial charge is 0.378 e. The Morgan fingerprint density at radius 1 is 1.13 bits per heavy atom. The number of hydrogen-bond donors (Lipinski definition) is 1. The van der Waals surface area contributed by atoms with Crippen LogP contribution in [0.15, 0.2) is 0 Å². The zero-order chi connectivity index (χ0) is 10.5. The maximum atomic E-state index is 11.7. The first-order valence-electron chi connectivity index (χ1n) is 6.25. The summed E-state index contributed by atoms with van der Waals surface area (Å²) in [5, 5.41) is 3.13. The van der Waals surface area contributed by atoms with Crippen LogP contribution >= 0.6 is 0 Å². The Bertz CT molecular complexity index is 206. The number of ether oxygens (including phenoxy) is 1. The fourth-order valence-corrected chi connectivity index (χ4v) is 2.55. The molecule has 1 heterocycles. The van der Waals surface area contributed by atoms with Gasteiger partial charge < -0.3 is 10.1 Å². The molecule has 1 saturated carbocycles. The van der Waals surface area contributed by atoms with Gasteiger partial charge in [0, 0.05) is 12.6 Å². The molecule has 0 spiro atoms. The smallest absolute Gasteiger partial charge is 0.222 e. The highest BCUT2D eigenvalue weighted by atomic mass is 16.5. The van der Waals surface area contributed by atoms with E-state index >= 15 is 0 Å². The van der Waals surface area contributed by atoms with Gasteiger partial charge in [-0.2, -0.15) is 0 Å². The van der Waals surface area contributed by atoms with Crippen molar-refractivity contribution in [1.29, 1.82) is 0 Å². The molecular formula is C12H21NO2. The molecule has 0 radical (unpaired) electrons. The van der Waals surface area contributed by atoms with E-state index in [1.54, 1.807) is 0 Å². The van der Waals surface area contributed by atoms with Gasteiger partial charge in [-0.3, -0.25) is 4.79 Å². The molecule has 1 unspecified atom stereocenters. The lowest BCUT2D eigenvalue weighted by Crippen LogP contribution is -2.37. The molecule has 2 rings (SSSR count). The van der Waals surface area contributed by atoms with Crippen molar-refractivity contribution in [1.82, 2.24) is 5.32 Å². The van der Waals surface area contributed by atoms with Crippen molar-refractivity contribution in [3.63, 3.8) is 0 Å². The van der Waals surface area contributed by atoms with E-state index in [9.17, 15) is 4.79 Å². The molecule has 15 heavy (non-hydrogen) atoms. The summed E-state index contributed by atoms with van der Waals surface area (Å²) in [4.78, 5) is 11.7. The highest BCUT2D eigenvalue weighted by molar-refractivity contribution is 5.76. The predicted molar refractivity (Wildman–Crippen MR) is 58.6 cm³/mol. The van der Waals surface area contributed by atoms with Gasteiger partial charge in [0.05, 0.1) is 12.5 Å². The quantitative estimate of drug-likeness (QED) is 0.775. The van der Waals surface area contributed by atoms with Crippen LogP contribution in [0, 0.1) is 0 Å². The second kappa shape index (κ2) is 5.50. The molecule has 2 aliphatic rings. The fourth-order valence-electron chi connectivity index (χ4n) is 2.55. The number of carbonyl (C=O) groups is 1. The molecule has 1 aliphatic heterocycles. The Hall–Kier alpha value is -0.570. The van der Waals surface area contributed by atoms with E-state index < -0.39 is 0 Å². The molecule has 2 fully saturated rings. The summed E-state index contributed by atoms with van der Waals surface area (Å²) >= 11 is 0. The number of amides is 1. The molecule has 3 nitrogen and oxygen atoms in total. The zero-order valence-corrected chi connectivity index (χ0v) is 9.34. The average molecular weight is 211 g/mol. The summed E-state index contributed by atoms with van der Waals surface area (Å²) in [7, 11) is 0. The minimum atomic E-state index is 0.189. The van der Waals surface area contributed by atoms with Crippen LogP contribution in [0.2, 0.25) is 0 Å². The highest BCUT2D eigenvalue weighted by Gasteiger charge is 2.21. The monoisotopic (exact) mass is 211 g/mol. The van der Waals surface area contributed by atoms with Crippen LogP contribution in [-0.2, 0) is 9.53 Å². The molecule has 1 atom stereocenters. The lowest BCUT2D eigenvalue weighted by molar-refractivity contribution is -0.124.